The SMILES string of the molecule is COc1cc(OC)c(OC)cc1/C=C1\Oc2c(ccc(OCC#N)c2C)C1=O. The summed E-state index contributed by atoms with van der Waals surface area (Å²) >= 11 is 0. The largest absolute Gasteiger partial charge is 0.496 e. The first-order valence-corrected chi connectivity index (χ1v) is 8.41. The average molecular weight is 381 g/mol. The van der Waals surface area contributed by atoms with Crippen molar-refractivity contribution in [3.63, 3.8) is 0 Å². The first-order chi connectivity index (χ1) is 13.5. The van der Waals surface area contributed by atoms with E-state index < -0.39 is 0 Å². The zero-order valence-electron chi connectivity index (χ0n) is 16.0. The molecule has 2 aromatic carbocycles. The molecule has 1 aliphatic heterocycles. The minimum absolute atomic E-state index is 0.0842. The summed E-state index contributed by atoms with van der Waals surface area (Å²) in [6.45, 7) is 1.69. The van der Waals surface area contributed by atoms with Crippen molar-refractivity contribution in [1.82, 2.24) is 0 Å². The molecule has 7 heteroatoms. The van der Waals surface area contributed by atoms with Gasteiger partial charge < -0.3 is 23.7 Å². The van der Waals surface area contributed by atoms with E-state index in [1.165, 1.54) is 21.3 Å². The van der Waals surface area contributed by atoms with Gasteiger partial charge >= 0.3 is 0 Å². The van der Waals surface area contributed by atoms with Gasteiger partial charge in [0.1, 0.15) is 23.3 Å². The number of methoxy groups -OCH3 is 3. The summed E-state index contributed by atoms with van der Waals surface area (Å²) in [5.41, 5.74) is 1.70. The first-order valence-electron chi connectivity index (χ1n) is 8.41. The number of nitriles is 1. The highest BCUT2D eigenvalue weighted by molar-refractivity contribution is 6.15. The quantitative estimate of drug-likeness (QED) is 0.707. The third-order valence-electron chi connectivity index (χ3n) is 4.35. The number of ether oxygens (including phenoxy) is 5. The van der Waals surface area contributed by atoms with Gasteiger partial charge in [0.25, 0.3) is 0 Å². The molecule has 0 saturated carbocycles. The second-order valence-electron chi connectivity index (χ2n) is 5.90. The molecular formula is C21H19NO6. The van der Waals surface area contributed by atoms with Crippen LogP contribution in [0.1, 0.15) is 21.5 Å². The number of allylic oxidation sites excluding steroid dienone is 1. The molecular weight excluding hydrogens is 362 g/mol. The summed E-state index contributed by atoms with van der Waals surface area (Å²) in [4.78, 5) is 12.8. The Balaban J connectivity index is 2.01. The van der Waals surface area contributed by atoms with Gasteiger partial charge in [-0.15, -0.1) is 0 Å². The van der Waals surface area contributed by atoms with Crippen LogP contribution in [0.25, 0.3) is 6.08 Å². The number of fused-ring (bicyclic) bond motifs is 1. The van der Waals surface area contributed by atoms with E-state index in [4.69, 9.17) is 28.9 Å². The highest BCUT2D eigenvalue weighted by Gasteiger charge is 2.30. The molecule has 1 heterocycles. The van der Waals surface area contributed by atoms with Gasteiger partial charge in [-0.05, 0) is 31.2 Å². The van der Waals surface area contributed by atoms with Crippen LogP contribution < -0.4 is 23.7 Å². The van der Waals surface area contributed by atoms with Gasteiger partial charge in [-0.2, -0.15) is 5.26 Å². The number of ketones is 1. The van der Waals surface area contributed by atoms with Gasteiger partial charge in [0.15, 0.2) is 23.9 Å². The molecule has 1 aliphatic rings. The summed E-state index contributed by atoms with van der Waals surface area (Å²) in [5.74, 6) is 2.35. The van der Waals surface area contributed by atoms with Crippen molar-refractivity contribution in [2.24, 2.45) is 0 Å². The fourth-order valence-electron chi connectivity index (χ4n) is 2.94. The molecule has 0 bridgehead atoms. The highest BCUT2D eigenvalue weighted by Crippen LogP contribution is 2.41. The van der Waals surface area contributed by atoms with Crippen LogP contribution in [0.4, 0.5) is 0 Å². The summed E-state index contributed by atoms with van der Waals surface area (Å²) < 4.78 is 27.2. The zero-order valence-corrected chi connectivity index (χ0v) is 16.0. The number of hydrogen-bond acceptors (Lipinski definition) is 7. The number of rotatable bonds is 6. The van der Waals surface area contributed by atoms with Crippen molar-refractivity contribution in [2.75, 3.05) is 27.9 Å². The molecule has 0 aromatic heterocycles. The van der Waals surface area contributed by atoms with Crippen molar-refractivity contribution in [1.29, 1.82) is 5.26 Å². The van der Waals surface area contributed by atoms with Crippen LogP contribution >= 0.6 is 0 Å². The number of benzene rings is 2. The first kappa shape index (κ1) is 19.1. The molecule has 0 unspecified atom stereocenters. The Bertz CT molecular complexity index is 1000. The lowest BCUT2D eigenvalue weighted by Gasteiger charge is -2.12. The molecule has 144 valence electrons. The molecule has 2 aromatic rings. The predicted octanol–water partition coefficient (Wildman–Crippen LogP) is 3.54. The molecule has 0 spiro atoms. The summed E-state index contributed by atoms with van der Waals surface area (Å²) in [7, 11) is 4.59. The Hall–Kier alpha value is -3.66. The number of Topliss-reactive ketones (excluding diaryl/α,β-unsaturated/α-hetero) is 1. The fraction of sp³-hybridized carbons (Fsp3) is 0.238. The van der Waals surface area contributed by atoms with Crippen LogP contribution in [-0.2, 0) is 0 Å². The van der Waals surface area contributed by atoms with Crippen molar-refractivity contribution in [3.8, 4) is 34.8 Å². The molecule has 3 rings (SSSR count). The van der Waals surface area contributed by atoms with E-state index in [2.05, 4.69) is 0 Å². The van der Waals surface area contributed by atoms with Crippen LogP contribution in [0.3, 0.4) is 0 Å². The molecule has 28 heavy (non-hydrogen) atoms. The lowest BCUT2D eigenvalue weighted by atomic mass is 10.1. The van der Waals surface area contributed by atoms with Gasteiger partial charge in [0, 0.05) is 17.2 Å². The Kier molecular flexibility index (Phi) is 5.41. The van der Waals surface area contributed by atoms with Gasteiger partial charge in [0.2, 0.25) is 5.78 Å². The molecule has 0 aliphatic carbocycles. The smallest absolute Gasteiger partial charge is 0.231 e. The summed E-state index contributed by atoms with van der Waals surface area (Å²) in [6, 6.07) is 8.59. The minimum atomic E-state index is -0.248. The lowest BCUT2D eigenvalue weighted by Crippen LogP contribution is -2.00. The van der Waals surface area contributed by atoms with E-state index in [1.54, 1.807) is 37.3 Å². The van der Waals surface area contributed by atoms with Gasteiger partial charge in [-0.3, -0.25) is 4.79 Å². The molecule has 0 fully saturated rings. The number of carbonyl (C=O) groups is 1. The number of nitrogens with zero attached hydrogens (tertiary/aromatic N) is 1. The Morgan fingerprint density at radius 2 is 1.71 bits per heavy atom. The minimum Gasteiger partial charge on any atom is -0.496 e. The van der Waals surface area contributed by atoms with Crippen molar-refractivity contribution in [2.45, 2.75) is 6.92 Å². The molecule has 0 atom stereocenters. The van der Waals surface area contributed by atoms with E-state index in [-0.39, 0.29) is 18.1 Å². The van der Waals surface area contributed by atoms with E-state index in [1.807, 2.05) is 6.07 Å². The lowest BCUT2D eigenvalue weighted by molar-refractivity contribution is 0.101. The second-order valence-corrected chi connectivity index (χ2v) is 5.90. The van der Waals surface area contributed by atoms with Gasteiger partial charge in [-0.1, -0.05) is 0 Å². The third kappa shape index (κ3) is 3.32. The number of carbonyl (C=O) groups excluding carboxylic acids is 1. The van der Waals surface area contributed by atoms with E-state index in [0.717, 1.165) is 0 Å². The summed E-state index contributed by atoms with van der Waals surface area (Å²) in [5, 5.41) is 8.69. The maximum absolute atomic E-state index is 12.8. The molecule has 0 N–H and O–H groups in total. The Morgan fingerprint density at radius 1 is 1.04 bits per heavy atom. The van der Waals surface area contributed by atoms with E-state index >= 15 is 0 Å². The van der Waals surface area contributed by atoms with E-state index in [0.29, 0.717) is 45.4 Å². The van der Waals surface area contributed by atoms with Crippen LogP contribution in [0.15, 0.2) is 30.0 Å². The fourth-order valence-corrected chi connectivity index (χ4v) is 2.94. The Morgan fingerprint density at radius 3 is 2.36 bits per heavy atom. The van der Waals surface area contributed by atoms with Crippen molar-refractivity contribution >= 4 is 11.9 Å². The topological polar surface area (TPSA) is 87.0 Å². The molecule has 0 saturated heterocycles. The van der Waals surface area contributed by atoms with Gasteiger partial charge in [0.05, 0.1) is 26.9 Å². The molecule has 0 amide bonds. The molecule has 7 nitrogen and oxygen atoms in total. The van der Waals surface area contributed by atoms with Crippen molar-refractivity contribution < 1.29 is 28.5 Å². The van der Waals surface area contributed by atoms with Crippen molar-refractivity contribution in [3.05, 3.63) is 46.7 Å². The molecule has 0 radical (unpaired) electrons. The van der Waals surface area contributed by atoms with Gasteiger partial charge in [-0.25, -0.2) is 0 Å². The normalized spacial score (nSPS) is 13.5. The monoisotopic (exact) mass is 381 g/mol. The van der Waals surface area contributed by atoms with Crippen LogP contribution in [0.2, 0.25) is 0 Å². The van der Waals surface area contributed by atoms with E-state index in [9.17, 15) is 4.79 Å². The standard InChI is InChI=1S/C21H19NO6/c1-12-15(27-8-7-22)6-5-14-20(23)19(28-21(12)14)10-13-9-17(25-3)18(26-4)11-16(13)24-2/h5-6,9-11H,8H2,1-4H3/b19-10-. The number of hydrogen-bond donors (Lipinski definition) is 0. The summed E-state index contributed by atoms with van der Waals surface area (Å²) in [6.07, 6.45) is 1.60. The maximum Gasteiger partial charge on any atom is 0.231 e. The Labute approximate surface area is 162 Å². The third-order valence-corrected chi connectivity index (χ3v) is 4.35. The predicted molar refractivity (Wildman–Crippen MR) is 101 cm³/mol. The van der Waals surface area contributed by atoms with Crippen LogP contribution in [-0.4, -0.2) is 33.7 Å². The average Bonchev–Trinajstić information content (AvgIpc) is 3.03. The second kappa shape index (κ2) is 7.92. The highest BCUT2D eigenvalue weighted by atomic mass is 16.5. The maximum atomic E-state index is 12.8. The van der Waals surface area contributed by atoms with Crippen LogP contribution in [0.5, 0.6) is 28.7 Å². The zero-order chi connectivity index (χ0) is 20.3. The van der Waals surface area contributed by atoms with Crippen LogP contribution in [0, 0.1) is 18.3 Å².